The van der Waals surface area contributed by atoms with Crippen LogP contribution in [0.2, 0.25) is 0 Å². The second-order valence-electron chi connectivity index (χ2n) is 2.51. The Labute approximate surface area is 65.5 Å². The number of hydrogen-bond donors (Lipinski definition) is 0. The molecule has 1 aliphatic rings. The van der Waals surface area contributed by atoms with Gasteiger partial charge in [0.05, 0.1) is 0 Å². The molecule has 11 heavy (non-hydrogen) atoms. The van der Waals surface area contributed by atoms with Crippen LogP contribution in [-0.2, 0) is 6.54 Å². The summed E-state index contributed by atoms with van der Waals surface area (Å²) in [6.45, 7) is 4.38. The Morgan fingerprint density at radius 3 is 2.27 bits per heavy atom. The maximum absolute atomic E-state index is 5.36. The van der Waals surface area contributed by atoms with Crippen molar-refractivity contribution in [3.63, 3.8) is 0 Å². The molecule has 0 amide bonds. The van der Waals surface area contributed by atoms with Crippen molar-refractivity contribution in [1.29, 1.82) is 0 Å². The van der Waals surface area contributed by atoms with Crippen LogP contribution >= 0.6 is 0 Å². The minimum atomic E-state index is 0.667. The van der Waals surface area contributed by atoms with E-state index in [-0.39, 0.29) is 0 Å². The highest BCUT2D eigenvalue weighted by atomic mass is 16.6. The molecule has 0 fully saturated rings. The van der Waals surface area contributed by atoms with E-state index in [4.69, 9.17) is 9.47 Å². The van der Waals surface area contributed by atoms with E-state index in [1.165, 1.54) is 0 Å². The first-order valence-electron chi connectivity index (χ1n) is 3.85. The summed E-state index contributed by atoms with van der Waals surface area (Å²) in [6, 6.07) is 0. The van der Waals surface area contributed by atoms with Crippen molar-refractivity contribution in [2.24, 2.45) is 0 Å². The SMILES string of the molecule is CCn1cc2c(c1)OCCO2. The first-order valence-corrected chi connectivity index (χ1v) is 3.85. The van der Waals surface area contributed by atoms with Crippen molar-refractivity contribution < 1.29 is 9.47 Å². The highest BCUT2D eigenvalue weighted by Crippen LogP contribution is 2.30. The minimum Gasteiger partial charge on any atom is -0.485 e. The zero-order valence-electron chi connectivity index (χ0n) is 6.54. The molecule has 0 saturated carbocycles. The van der Waals surface area contributed by atoms with Crippen molar-refractivity contribution in [3.05, 3.63) is 12.4 Å². The lowest BCUT2D eigenvalue weighted by atomic mass is 10.5. The van der Waals surface area contributed by atoms with Gasteiger partial charge in [-0.1, -0.05) is 0 Å². The summed E-state index contributed by atoms with van der Waals surface area (Å²) in [6.07, 6.45) is 3.93. The lowest BCUT2D eigenvalue weighted by Crippen LogP contribution is -2.13. The van der Waals surface area contributed by atoms with E-state index in [1.807, 2.05) is 12.4 Å². The van der Waals surface area contributed by atoms with Gasteiger partial charge in [0.1, 0.15) is 13.2 Å². The molecule has 2 rings (SSSR count). The average molecular weight is 153 g/mol. The molecule has 0 bridgehead atoms. The average Bonchev–Trinajstić information content (AvgIpc) is 2.46. The van der Waals surface area contributed by atoms with E-state index < -0.39 is 0 Å². The van der Waals surface area contributed by atoms with Crippen molar-refractivity contribution in [1.82, 2.24) is 4.57 Å². The highest BCUT2D eigenvalue weighted by molar-refractivity contribution is 5.38. The van der Waals surface area contributed by atoms with E-state index in [2.05, 4.69) is 11.5 Å². The predicted molar refractivity (Wildman–Crippen MR) is 41.1 cm³/mol. The quantitative estimate of drug-likeness (QED) is 0.606. The third-order valence-corrected chi connectivity index (χ3v) is 1.77. The lowest BCUT2D eigenvalue weighted by Gasteiger charge is -2.13. The maximum Gasteiger partial charge on any atom is 0.179 e. The highest BCUT2D eigenvalue weighted by Gasteiger charge is 2.12. The van der Waals surface area contributed by atoms with Crippen molar-refractivity contribution in [2.75, 3.05) is 13.2 Å². The van der Waals surface area contributed by atoms with Gasteiger partial charge in [-0.15, -0.1) is 0 Å². The van der Waals surface area contributed by atoms with Gasteiger partial charge < -0.3 is 14.0 Å². The zero-order chi connectivity index (χ0) is 7.68. The molecule has 0 atom stereocenters. The molecule has 3 heteroatoms. The van der Waals surface area contributed by atoms with Crippen LogP contribution in [0.3, 0.4) is 0 Å². The molecule has 0 aromatic carbocycles. The number of aryl methyl sites for hydroxylation is 1. The molecule has 0 spiro atoms. The van der Waals surface area contributed by atoms with Crippen LogP contribution in [0, 0.1) is 0 Å². The summed E-state index contributed by atoms with van der Waals surface area (Å²) in [5.74, 6) is 1.75. The molecular weight excluding hydrogens is 142 g/mol. The van der Waals surface area contributed by atoms with Crippen LogP contribution in [0.4, 0.5) is 0 Å². The lowest BCUT2D eigenvalue weighted by molar-refractivity contribution is 0.173. The summed E-state index contributed by atoms with van der Waals surface area (Å²) in [4.78, 5) is 0. The van der Waals surface area contributed by atoms with Crippen molar-refractivity contribution in [2.45, 2.75) is 13.5 Å². The minimum absolute atomic E-state index is 0.667. The molecule has 0 N–H and O–H groups in total. The molecule has 1 aliphatic heterocycles. The third-order valence-electron chi connectivity index (χ3n) is 1.77. The van der Waals surface area contributed by atoms with E-state index in [0.29, 0.717) is 13.2 Å². The van der Waals surface area contributed by atoms with Crippen LogP contribution in [0.15, 0.2) is 12.4 Å². The number of rotatable bonds is 1. The number of hydrogen-bond acceptors (Lipinski definition) is 2. The fourth-order valence-corrected chi connectivity index (χ4v) is 1.17. The van der Waals surface area contributed by atoms with E-state index >= 15 is 0 Å². The van der Waals surface area contributed by atoms with Crippen LogP contribution < -0.4 is 9.47 Å². The number of nitrogens with zero attached hydrogens (tertiary/aromatic N) is 1. The first kappa shape index (κ1) is 6.58. The van der Waals surface area contributed by atoms with Gasteiger partial charge in [-0.05, 0) is 6.92 Å². The maximum atomic E-state index is 5.36. The number of fused-ring (bicyclic) bond motifs is 1. The largest absolute Gasteiger partial charge is 0.485 e. The van der Waals surface area contributed by atoms with Gasteiger partial charge in [0.15, 0.2) is 11.5 Å². The molecule has 2 heterocycles. The Morgan fingerprint density at radius 1 is 1.27 bits per heavy atom. The van der Waals surface area contributed by atoms with Gasteiger partial charge in [0.25, 0.3) is 0 Å². The standard InChI is InChI=1S/C8H11NO2/c1-2-9-5-7-8(6-9)11-4-3-10-7/h5-6H,2-4H2,1H3. The Morgan fingerprint density at radius 2 is 1.82 bits per heavy atom. The van der Waals surface area contributed by atoms with Gasteiger partial charge in [-0.2, -0.15) is 0 Å². The third kappa shape index (κ3) is 1.06. The molecule has 3 nitrogen and oxygen atoms in total. The monoisotopic (exact) mass is 153 g/mol. The summed E-state index contributed by atoms with van der Waals surface area (Å²) in [5.41, 5.74) is 0. The number of aromatic nitrogens is 1. The van der Waals surface area contributed by atoms with Crippen molar-refractivity contribution >= 4 is 0 Å². The van der Waals surface area contributed by atoms with Crippen molar-refractivity contribution in [3.8, 4) is 11.5 Å². The molecule has 0 saturated heterocycles. The summed E-state index contributed by atoms with van der Waals surface area (Å²) >= 11 is 0. The number of ether oxygens (including phenoxy) is 2. The Bertz CT molecular complexity index is 231. The first-order chi connectivity index (χ1) is 5.40. The Kier molecular flexibility index (Phi) is 1.49. The fourth-order valence-electron chi connectivity index (χ4n) is 1.17. The summed E-state index contributed by atoms with van der Waals surface area (Å²) in [7, 11) is 0. The second-order valence-corrected chi connectivity index (χ2v) is 2.51. The molecule has 0 aliphatic carbocycles. The predicted octanol–water partition coefficient (Wildman–Crippen LogP) is 1.28. The second kappa shape index (κ2) is 2.49. The molecule has 1 aromatic heterocycles. The molecule has 0 radical (unpaired) electrons. The topological polar surface area (TPSA) is 23.4 Å². The molecular formula is C8H11NO2. The molecule has 60 valence electrons. The van der Waals surface area contributed by atoms with Crippen LogP contribution in [0.25, 0.3) is 0 Å². The zero-order valence-corrected chi connectivity index (χ0v) is 6.54. The van der Waals surface area contributed by atoms with Gasteiger partial charge >= 0.3 is 0 Å². The smallest absolute Gasteiger partial charge is 0.179 e. The Balaban J connectivity index is 2.32. The van der Waals surface area contributed by atoms with E-state index in [1.54, 1.807) is 0 Å². The van der Waals surface area contributed by atoms with E-state index in [9.17, 15) is 0 Å². The molecule has 0 unspecified atom stereocenters. The normalized spacial score (nSPS) is 15.0. The van der Waals surface area contributed by atoms with Gasteiger partial charge in [-0.25, -0.2) is 0 Å². The van der Waals surface area contributed by atoms with Crippen LogP contribution in [0.5, 0.6) is 11.5 Å². The van der Waals surface area contributed by atoms with Crippen LogP contribution in [-0.4, -0.2) is 17.8 Å². The van der Waals surface area contributed by atoms with Gasteiger partial charge in [-0.3, -0.25) is 0 Å². The van der Waals surface area contributed by atoms with Gasteiger partial charge in [0, 0.05) is 18.9 Å². The Hall–Kier alpha value is -1.12. The van der Waals surface area contributed by atoms with E-state index in [0.717, 1.165) is 18.0 Å². The summed E-state index contributed by atoms with van der Waals surface area (Å²) in [5, 5.41) is 0. The van der Waals surface area contributed by atoms with Crippen LogP contribution in [0.1, 0.15) is 6.92 Å². The fraction of sp³-hybridized carbons (Fsp3) is 0.500. The van der Waals surface area contributed by atoms with Gasteiger partial charge in [0.2, 0.25) is 0 Å². The molecule has 1 aromatic rings. The summed E-state index contributed by atoms with van der Waals surface area (Å²) < 4.78 is 12.8.